The molecule has 2 aromatic carbocycles. The maximum absolute atomic E-state index is 12.1. The molecule has 0 radical (unpaired) electrons. The minimum Gasteiger partial charge on any atom is -0.456 e. The van der Waals surface area contributed by atoms with Crippen molar-refractivity contribution in [3.05, 3.63) is 52.3 Å². The van der Waals surface area contributed by atoms with Crippen LogP contribution < -0.4 is 10.3 Å². The van der Waals surface area contributed by atoms with Crippen LogP contribution in [0, 0.1) is 0 Å². The summed E-state index contributed by atoms with van der Waals surface area (Å²) in [7, 11) is 1.79. The van der Waals surface area contributed by atoms with E-state index in [4.69, 9.17) is 9.47 Å². The van der Waals surface area contributed by atoms with Crippen LogP contribution >= 0.6 is 0 Å². The Balaban J connectivity index is 1.54. The SMILES string of the molecule is COC1CCCN(Cc2ccc3c(c2)-c2n[nH]c(=O)c4cccc(c24)O3)C1. The van der Waals surface area contributed by atoms with E-state index in [1.165, 1.54) is 5.56 Å². The Morgan fingerprint density at radius 3 is 3.11 bits per heavy atom. The molecule has 27 heavy (non-hydrogen) atoms. The average molecular weight is 363 g/mol. The van der Waals surface area contributed by atoms with E-state index in [2.05, 4.69) is 27.2 Å². The number of aromatic nitrogens is 2. The number of nitrogens with zero attached hydrogens (tertiary/aromatic N) is 2. The molecule has 6 heteroatoms. The monoisotopic (exact) mass is 363 g/mol. The number of fused-ring (bicyclic) bond motifs is 2. The topological polar surface area (TPSA) is 67.5 Å². The number of aromatic amines is 1. The predicted molar refractivity (Wildman–Crippen MR) is 103 cm³/mol. The van der Waals surface area contributed by atoms with Gasteiger partial charge in [-0.2, -0.15) is 5.10 Å². The van der Waals surface area contributed by atoms with Crippen LogP contribution in [-0.4, -0.2) is 41.4 Å². The number of nitrogens with one attached hydrogen (secondary N) is 1. The van der Waals surface area contributed by atoms with Gasteiger partial charge in [-0.15, -0.1) is 0 Å². The smallest absolute Gasteiger partial charge is 0.272 e. The summed E-state index contributed by atoms with van der Waals surface area (Å²) in [4.78, 5) is 14.6. The lowest BCUT2D eigenvalue weighted by molar-refractivity contribution is 0.0285. The van der Waals surface area contributed by atoms with E-state index in [9.17, 15) is 4.79 Å². The standard InChI is InChI=1S/C21H21N3O3/c1-26-14-4-3-9-24(12-14)11-13-7-8-17-16(10-13)20-19-15(21(25)23-22-20)5-2-6-18(19)27-17/h2,5-8,10,14H,3-4,9,11-12H2,1H3,(H,23,25). The van der Waals surface area contributed by atoms with Crippen molar-refractivity contribution in [2.45, 2.75) is 25.5 Å². The molecule has 0 bridgehead atoms. The van der Waals surface area contributed by atoms with E-state index in [0.29, 0.717) is 17.2 Å². The Morgan fingerprint density at radius 2 is 2.22 bits per heavy atom. The van der Waals surface area contributed by atoms with E-state index in [-0.39, 0.29) is 5.56 Å². The van der Waals surface area contributed by atoms with Gasteiger partial charge in [0.15, 0.2) is 0 Å². The van der Waals surface area contributed by atoms with Crippen molar-refractivity contribution in [2.75, 3.05) is 20.2 Å². The lowest BCUT2D eigenvalue weighted by Crippen LogP contribution is -2.38. The van der Waals surface area contributed by atoms with Gasteiger partial charge in [0, 0.05) is 25.8 Å². The van der Waals surface area contributed by atoms with Crippen LogP contribution in [-0.2, 0) is 11.3 Å². The molecule has 138 valence electrons. The van der Waals surface area contributed by atoms with Gasteiger partial charge in [-0.3, -0.25) is 9.69 Å². The van der Waals surface area contributed by atoms with E-state index < -0.39 is 0 Å². The first-order chi connectivity index (χ1) is 13.2. The number of benzene rings is 2. The highest BCUT2D eigenvalue weighted by Gasteiger charge is 2.24. The van der Waals surface area contributed by atoms with Gasteiger partial charge in [0.05, 0.1) is 16.9 Å². The Labute approximate surface area is 156 Å². The van der Waals surface area contributed by atoms with Crippen LogP contribution in [0.2, 0.25) is 0 Å². The number of hydrogen-bond acceptors (Lipinski definition) is 5. The number of rotatable bonds is 3. The molecule has 2 aliphatic heterocycles. The van der Waals surface area contributed by atoms with E-state index in [1.54, 1.807) is 13.2 Å². The van der Waals surface area contributed by atoms with Gasteiger partial charge in [0.2, 0.25) is 0 Å². The highest BCUT2D eigenvalue weighted by atomic mass is 16.5. The molecule has 5 rings (SSSR count). The first kappa shape index (κ1) is 16.5. The Hall–Kier alpha value is -2.70. The molecule has 0 amide bonds. The van der Waals surface area contributed by atoms with Gasteiger partial charge in [0.25, 0.3) is 5.56 Å². The third-order valence-corrected chi connectivity index (χ3v) is 5.50. The van der Waals surface area contributed by atoms with Crippen molar-refractivity contribution < 1.29 is 9.47 Å². The number of methoxy groups -OCH3 is 1. The van der Waals surface area contributed by atoms with Gasteiger partial charge in [-0.25, -0.2) is 5.10 Å². The van der Waals surface area contributed by atoms with Crippen molar-refractivity contribution in [3.8, 4) is 22.8 Å². The number of likely N-dealkylation sites (tertiary alicyclic amines) is 1. The number of H-pyrrole nitrogens is 1. The second kappa shape index (κ2) is 6.48. The summed E-state index contributed by atoms with van der Waals surface area (Å²) < 4.78 is 11.6. The Kier molecular flexibility index (Phi) is 3.95. The molecule has 0 aliphatic carbocycles. The predicted octanol–water partition coefficient (Wildman–Crippen LogP) is 3.31. The zero-order valence-electron chi connectivity index (χ0n) is 15.2. The molecular weight excluding hydrogens is 342 g/mol. The molecule has 0 saturated carbocycles. The van der Waals surface area contributed by atoms with Gasteiger partial charge < -0.3 is 9.47 Å². The van der Waals surface area contributed by atoms with Gasteiger partial charge >= 0.3 is 0 Å². The highest BCUT2D eigenvalue weighted by molar-refractivity contribution is 6.01. The molecule has 1 saturated heterocycles. The van der Waals surface area contributed by atoms with Crippen LogP contribution in [0.3, 0.4) is 0 Å². The summed E-state index contributed by atoms with van der Waals surface area (Å²) in [6.45, 7) is 2.90. The number of hydrogen-bond donors (Lipinski definition) is 1. The second-order valence-corrected chi connectivity index (χ2v) is 7.25. The molecule has 6 nitrogen and oxygen atoms in total. The first-order valence-corrected chi connectivity index (χ1v) is 9.30. The van der Waals surface area contributed by atoms with Crippen LogP contribution in [0.4, 0.5) is 0 Å². The Morgan fingerprint density at radius 1 is 1.30 bits per heavy atom. The summed E-state index contributed by atoms with van der Waals surface area (Å²) in [5.74, 6) is 1.45. The van der Waals surface area contributed by atoms with E-state index in [1.807, 2.05) is 18.2 Å². The first-order valence-electron chi connectivity index (χ1n) is 9.30. The molecule has 2 aliphatic rings. The molecule has 3 aromatic rings. The van der Waals surface area contributed by atoms with Crippen molar-refractivity contribution in [2.24, 2.45) is 0 Å². The highest BCUT2D eigenvalue weighted by Crippen LogP contribution is 2.44. The maximum atomic E-state index is 12.1. The van der Waals surface area contributed by atoms with Gasteiger partial charge in [-0.1, -0.05) is 12.1 Å². The van der Waals surface area contributed by atoms with E-state index in [0.717, 1.165) is 54.9 Å². The molecule has 1 fully saturated rings. The third-order valence-electron chi connectivity index (χ3n) is 5.50. The van der Waals surface area contributed by atoms with Gasteiger partial charge in [-0.05, 0) is 49.2 Å². The molecule has 1 aromatic heterocycles. The third kappa shape index (κ3) is 2.81. The fourth-order valence-corrected chi connectivity index (χ4v) is 4.14. The van der Waals surface area contributed by atoms with Crippen molar-refractivity contribution >= 4 is 10.8 Å². The van der Waals surface area contributed by atoms with Crippen LogP contribution in [0.15, 0.2) is 41.2 Å². The van der Waals surface area contributed by atoms with Crippen LogP contribution in [0.1, 0.15) is 18.4 Å². The Bertz CT molecular complexity index is 1080. The summed E-state index contributed by atoms with van der Waals surface area (Å²) >= 11 is 0. The molecular formula is C21H21N3O3. The fourth-order valence-electron chi connectivity index (χ4n) is 4.14. The normalized spacial score (nSPS) is 18.9. The van der Waals surface area contributed by atoms with Crippen molar-refractivity contribution in [1.82, 2.24) is 15.1 Å². The van der Waals surface area contributed by atoms with Crippen LogP contribution in [0.5, 0.6) is 11.5 Å². The maximum Gasteiger partial charge on any atom is 0.272 e. The summed E-state index contributed by atoms with van der Waals surface area (Å²) in [5, 5.41) is 8.35. The average Bonchev–Trinajstić information content (AvgIpc) is 2.70. The number of ether oxygens (including phenoxy) is 2. The minimum atomic E-state index is -0.197. The quantitative estimate of drug-likeness (QED) is 0.605. The lowest BCUT2D eigenvalue weighted by Gasteiger charge is -2.32. The summed E-state index contributed by atoms with van der Waals surface area (Å²) in [6.07, 6.45) is 2.59. The molecule has 3 heterocycles. The molecule has 1 atom stereocenters. The number of piperidine rings is 1. The van der Waals surface area contributed by atoms with Crippen molar-refractivity contribution in [3.63, 3.8) is 0 Å². The van der Waals surface area contributed by atoms with Gasteiger partial charge in [0.1, 0.15) is 17.2 Å². The zero-order valence-corrected chi connectivity index (χ0v) is 15.2. The molecule has 1 unspecified atom stereocenters. The van der Waals surface area contributed by atoms with Crippen LogP contribution in [0.25, 0.3) is 22.0 Å². The molecule has 0 spiro atoms. The van der Waals surface area contributed by atoms with Crippen molar-refractivity contribution in [1.29, 1.82) is 0 Å². The fraction of sp³-hybridized carbons (Fsp3) is 0.333. The zero-order chi connectivity index (χ0) is 18.4. The second-order valence-electron chi connectivity index (χ2n) is 7.25. The lowest BCUT2D eigenvalue weighted by atomic mass is 9.98. The minimum absolute atomic E-state index is 0.197. The molecule has 1 N–H and O–H groups in total. The van der Waals surface area contributed by atoms with E-state index >= 15 is 0 Å². The summed E-state index contributed by atoms with van der Waals surface area (Å²) in [5.41, 5.74) is 2.71. The summed E-state index contributed by atoms with van der Waals surface area (Å²) in [6, 6.07) is 11.7. The largest absolute Gasteiger partial charge is 0.456 e.